The third-order valence-corrected chi connectivity index (χ3v) is 9.60. The zero-order valence-electron chi connectivity index (χ0n) is 23.9. The molecular formula is C35H32N4O3S2. The van der Waals surface area contributed by atoms with Crippen molar-refractivity contribution in [1.82, 2.24) is 15.3 Å². The number of nitrogens with zero attached hydrogens (tertiary/aromatic N) is 2. The van der Waals surface area contributed by atoms with Gasteiger partial charge in [-0.05, 0) is 72.1 Å². The van der Waals surface area contributed by atoms with Gasteiger partial charge in [-0.25, -0.2) is 13.4 Å². The number of benzene rings is 4. The van der Waals surface area contributed by atoms with Gasteiger partial charge in [-0.3, -0.25) is 9.71 Å². The highest BCUT2D eigenvalue weighted by Gasteiger charge is 2.15. The predicted molar refractivity (Wildman–Crippen MR) is 177 cm³/mol. The Bertz CT molecular complexity index is 1940. The first-order valence-electron chi connectivity index (χ1n) is 14.4. The Kier molecular flexibility index (Phi) is 9.09. The van der Waals surface area contributed by atoms with Crippen molar-refractivity contribution in [3.8, 4) is 11.3 Å². The first-order chi connectivity index (χ1) is 21.4. The predicted octanol–water partition coefficient (Wildman–Crippen LogP) is 6.62. The van der Waals surface area contributed by atoms with Crippen LogP contribution in [0, 0.1) is 0 Å². The molecule has 2 aromatic heterocycles. The van der Waals surface area contributed by atoms with E-state index in [1.54, 1.807) is 41.8 Å². The van der Waals surface area contributed by atoms with Gasteiger partial charge in [-0.1, -0.05) is 66.7 Å². The molecule has 4 aromatic carbocycles. The first-order valence-corrected chi connectivity index (χ1v) is 16.7. The molecule has 0 unspecified atom stereocenters. The topological polar surface area (TPSA) is 104 Å². The van der Waals surface area contributed by atoms with Crippen LogP contribution in [-0.2, 0) is 22.9 Å². The van der Waals surface area contributed by atoms with Crippen molar-refractivity contribution in [3.05, 3.63) is 142 Å². The molecule has 0 radical (unpaired) electrons. The molecule has 222 valence electrons. The van der Waals surface area contributed by atoms with Crippen molar-refractivity contribution >= 4 is 38.0 Å². The van der Waals surface area contributed by atoms with Crippen LogP contribution in [0.2, 0.25) is 0 Å². The third-order valence-electron chi connectivity index (χ3n) is 7.36. The minimum Gasteiger partial charge on any atom is -0.387 e. The van der Waals surface area contributed by atoms with Crippen LogP contribution >= 0.6 is 11.3 Å². The van der Waals surface area contributed by atoms with Crippen LogP contribution in [0.3, 0.4) is 0 Å². The highest BCUT2D eigenvalue weighted by Crippen LogP contribution is 2.27. The fourth-order valence-corrected chi connectivity index (χ4v) is 6.83. The molecule has 1 atom stereocenters. The van der Waals surface area contributed by atoms with E-state index in [2.05, 4.69) is 21.1 Å². The largest absolute Gasteiger partial charge is 0.387 e. The minimum atomic E-state index is -3.73. The number of aliphatic hydroxyl groups excluding tert-OH is 1. The highest BCUT2D eigenvalue weighted by molar-refractivity contribution is 7.92. The monoisotopic (exact) mass is 620 g/mol. The van der Waals surface area contributed by atoms with Gasteiger partial charge in [0.1, 0.15) is 0 Å². The Balaban J connectivity index is 1.01. The average Bonchev–Trinajstić information content (AvgIpc) is 3.52. The molecule has 0 saturated carbocycles. The summed E-state index contributed by atoms with van der Waals surface area (Å²) in [5.74, 6) is 0. The zero-order chi connectivity index (χ0) is 30.4. The number of nitrogens with one attached hydrogen (secondary N) is 2. The zero-order valence-corrected chi connectivity index (χ0v) is 25.6. The number of aliphatic hydroxyl groups is 1. The Morgan fingerprint density at radius 3 is 2.41 bits per heavy atom. The molecule has 7 nitrogen and oxygen atoms in total. The summed E-state index contributed by atoms with van der Waals surface area (Å²) in [6.45, 7) is 1.17. The van der Waals surface area contributed by atoms with Gasteiger partial charge in [-0.2, -0.15) is 0 Å². The summed E-state index contributed by atoms with van der Waals surface area (Å²) < 4.78 is 28.8. The molecule has 44 heavy (non-hydrogen) atoms. The minimum absolute atomic E-state index is 0.205. The van der Waals surface area contributed by atoms with E-state index in [0.29, 0.717) is 25.2 Å². The van der Waals surface area contributed by atoms with Crippen LogP contribution in [0.15, 0.2) is 126 Å². The number of sulfonamides is 1. The number of rotatable bonds is 12. The second kappa shape index (κ2) is 13.5. The van der Waals surface area contributed by atoms with Crippen LogP contribution in [0.4, 0.5) is 5.69 Å². The second-order valence-electron chi connectivity index (χ2n) is 10.5. The maximum absolute atomic E-state index is 13.0. The van der Waals surface area contributed by atoms with Gasteiger partial charge in [0.15, 0.2) is 0 Å². The lowest BCUT2D eigenvalue weighted by atomic mass is 10.1. The summed E-state index contributed by atoms with van der Waals surface area (Å²) in [7, 11) is -3.73. The fraction of sp³-hybridized carbons (Fsp3) is 0.143. The van der Waals surface area contributed by atoms with Crippen molar-refractivity contribution in [2.75, 3.05) is 17.8 Å². The van der Waals surface area contributed by atoms with Gasteiger partial charge in [0, 0.05) is 41.2 Å². The molecule has 0 bridgehead atoms. The molecule has 6 rings (SSSR count). The molecule has 0 amide bonds. The molecule has 0 fully saturated rings. The number of aromatic nitrogens is 2. The summed E-state index contributed by atoms with van der Waals surface area (Å²) in [6, 6.07) is 34.0. The SMILES string of the molecule is O=S(=O)(Nc1ccc(CCNC[C@H](O)c2ccccc2)cc1)c1ccc(Cc2nc(-c3ccc4ncccc4c3)cs2)cc1. The Morgan fingerprint density at radius 1 is 0.841 bits per heavy atom. The normalized spacial score (nSPS) is 12.3. The van der Waals surface area contributed by atoms with Crippen LogP contribution < -0.4 is 10.0 Å². The van der Waals surface area contributed by atoms with E-state index in [9.17, 15) is 13.5 Å². The van der Waals surface area contributed by atoms with E-state index in [-0.39, 0.29) is 4.90 Å². The molecule has 0 saturated heterocycles. The Morgan fingerprint density at radius 2 is 1.61 bits per heavy atom. The van der Waals surface area contributed by atoms with Gasteiger partial charge >= 0.3 is 0 Å². The van der Waals surface area contributed by atoms with E-state index < -0.39 is 16.1 Å². The molecule has 0 aliphatic carbocycles. The maximum atomic E-state index is 13.0. The van der Waals surface area contributed by atoms with Crippen LogP contribution in [0.1, 0.15) is 27.8 Å². The second-order valence-corrected chi connectivity index (χ2v) is 13.2. The van der Waals surface area contributed by atoms with Crippen molar-refractivity contribution in [2.45, 2.75) is 23.8 Å². The van der Waals surface area contributed by atoms with Crippen LogP contribution in [0.5, 0.6) is 0 Å². The fourth-order valence-electron chi connectivity index (χ4n) is 4.94. The molecule has 2 heterocycles. The molecule has 9 heteroatoms. The van der Waals surface area contributed by atoms with Gasteiger partial charge < -0.3 is 10.4 Å². The molecule has 3 N–H and O–H groups in total. The molecule has 6 aromatic rings. The lowest BCUT2D eigenvalue weighted by molar-refractivity contribution is 0.175. The number of pyridine rings is 1. The van der Waals surface area contributed by atoms with Gasteiger partial charge in [0.25, 0.3) is 10.0 Å². The van der Waals surface area contributed by atoms with Crippen molar-refractivity contribution in [1.29, 1.82) is 0 Å². The number of hydrogen-bond donors (Lipinski definition) is 3. The summed E-state index contributed by atoms with van der Waals surface area (Å²) in [6.07, 6.45) is 2.61. The molecule has 0 aliphatic heterocycles. The van der Waals surface area contributed by atoms with Gasteiger partial charge in [0.2, 0.25) is 0 Å². The number of thiazole rings is 1. The smallest absolute Gasteiger partial charge is 0.261 e. The standard InChI is InChI=1S/C35H32N4O3S2/c40-34(27-5-2-1-3-6-27)23-36-20-18-25-8-13-30(14-9-25)39-44(41,42)31-15-10-26(11-16-31)21-35-38-33(24-43-35)29-12-17-32-28(22-29)7-4-19-37-32/h1-17,19,22,24,34,36,39-40H,18,20-21,23H2/t34-/m0/s1. The summed E-state index contributed by atoms with van der Waals surface area (Å²) in [4.78, 5) is 9.40. The Hall–Kier alpha value is -4.41. The van der Waals surface area contributed by atoms with Crippen molar-refractivity contribution in [3.63, 3.8) is 0 Å². The first kappa shape index (κ1) is 29.7. The quantitative estimate of drug-likeness (QED) is 0.133. The summed E-state index contributed by atoms with van der Waals surface area (Å²) in [5, 5.41) is 17.6. The highest BCUT2D eigenvalue weighted by atomic mass is 32.2. The van der Waals surface area contributed by atoms with Crippen molar-refractivity contribution in [2.24, 2.45) is 0 Å². The van der Waals surface area contributed by atoms with Gasteiger partial charge in [0.05, 0.1) is 27.2 Å². The summed E-state index contributed by atoms with van der Waals surface area (Å²) >= 11 is 1.59. The molecular weight excluding hydrogens is 589 g/mol. The van der Waals surface area contributed by atoms with Gasteiger partial charge in [-0.15, -0.1) is 11.3 Å². The van der Waals surface area contributed by atoms with E-state index in [1.807, 2.05) is 84.2 Å². The third kappa shape index (κ3) is 7.38. The van der Waals surface area contributed by atoms with E-state index >= 15 is 0 Å². The average molecular weight is 621 g/mol. The van der Waals surface area contributed by atoms with Crippen LogP contribution in [-0.4, -0.2) is 36.6 Å². The lowest BCUT2D eigenvalue weighted by Crippen LogP contribution is -2.23. The number of anilines is 1. The molecule has 0 spiro atoms. The summed E-state index contributed by atoms with van der Waals surface area (Å²) in [5.41, 5.74) is 6.37. The maximum Gasteiger partial charge on any atom is 0.261 e. The Labute approximate surface area is 261 Å². The number of hydrogen-bond acceptors (Lipinski definition) is 7. The lowest BCUT2D eigenvalue weighted by Gasteiger charge is -2.12. The van der Waals surface area contributed by atoms with Crippen LogP contribution in [0.25, 0.3) is 22.2 Å². The van der Waals surface area contributed by atoms with E-state index in [1.165, 1.54) is 0 Å². The number of fused-ring (bicyclic) bond motifs is 1. The molecule has 0 aliphatic rings. The van der Waals surface area contributed by atoms with E-state index in [0.717, 1.165) is 50.3 Å². The van der Waals surface area contributed by atoms with Crippen molar-refractivity contribution < 1.29 is 13.5 Å². The van der Waals surface area contributed by atoms with E-state index in [4.69, 9.17) is 4.98 Å².